The van der Waals surface area contributed by atoms with Crippen molar-refractivity contribution in [2.75, 3.05) is 13.2 Å². The summed E-state index contributed by atoms with van der Waals surface area (Å²) in [7, 11) is 0. The second-order valence-electron chi connectivity index (χ2n) is 8.16. The van der Waals surface area contributed by atoms with E-state index in [4.69, 9.17) is 10.5 Å². The molecule has 0 saturated heterocycles. The van der Waals surface area contributed by atoms with Crippen LogP contribution in [0.3, 0.4) is 0 Å². The Labute approximate surface area is 153 Å². The fraction of sp³-hybridized carbons (Fsp3) is 0.714. The van der Waals surface area contributed by atoms with Gasteiger partial charge in [0.05, 0.1) is 13.2 Å². The van der Waals surface area contributed by atoms with Gasteiger partial charge in [-0.05, 0) is 61.6 Å². The molecule has 0 aliphatic carbocycles. The molecule has 0 fully saturated rings. The van der Waals surface area contributed by atoms with Crippen LogP contribution >= 0.6 is 0 Å². The van der Waals surface area contributed by atoms with Gasteiger partial charge in [-0.1, -0.05) is 40.2 Å². The fourth-order valence-electron chi connectivity index (χ4n) is 3.13. The normalized spacial score (nSPS) is 14.1. The van der Waals surface area contributed by atoms with Crippen molar-refractivity contribution in [1.29, 1.82) is 0 Å². The first-order chi connectivity index (χ1) is 11.8. The van der Waals surface area contributed by atoms with Gasteiger partial charge in [0, 0.05) is 5.54 Å². The van der Waals surface area contributed by atoms with Gasteiger partial charge in [-0.3, -0.25) is 0 Å². The van der Waals surface area contributed by atoms with Crippen LogP contribution in [0, 0.1) is 11.8 Å². The van der Waals surface area contributed by atoms with E-state index >= 15 is 0 Å². The van der Waals surface area contributed by atoms with E-state index in [0.717, 1.165) is 37.2 Å². The van der Waals surface area contributed by atoms with E-state index in [2.05, 4.69) is 27.7 Å². The standard InChI is InChI=1S/C21H37NO3/c1-16(2)7-5-6-12-25-20-9-8-18(13-19(20)24)10-11-21(22,15-23)14-17(3)4/h8-9,13,16-17,23-24H,5-7,10-12,14-15,22H2,1-4H3. The van der Waals surface area contributed by atoms with Crippen LogP contribution in [-0.4, -0.2) is 29.0 Å². The summed E-state index contributed by atoms with van der Waals surface area (Å²) in [6.07, 6.45) is 5.55. The van der Waals surface area contributed by atoms with Crippen LogP contribution in [0.25, 0.3) is 0 Å². The number of nitrogens with two attached hydrogens (primary N) is 1. The van der Waals surface area contributed by atoms with Crippen molar-refractivity contribution in [3.63, 3.8) is 0 Å². The van der Waals surface area contributed by atoms with Crippen LogP contribution in [0.15, 0.2) is 18.2 Å². The van der Waals surface area contributed by atoms with Crippen LogP contribution in [0.4, 0.5) is 0 Å². The highest BCUT2D eigenvalue weighted by molar-refractivity contribution is 5.41. The molecular formula is C21H37NO3. The third-order valence-corrected chi connectivity index (χ3v) is 4.50. The van der Waals surface area contributed by atoms with Crippen molar-refractivity contribution in [1.82, 2.24) is 0 Å². The lowest BCUT2D eigenvalue weighted by molar-refractivity contribution is 0.165. The molecule has 4 nitrogen and oxygen atoms in total. The fourth-order valence-corrected chi connectivity index (χ4v) is 3.13. The first kappa shape index (κ1) is 21.8. The summed E-state index contributed by atoms with van der Waals surface area (Å²) in [5.74, 6) is 1.88. The van der Waals surface area contributed by atoms with E-state index in [9.17, 15) is 10.2 Å². The lowest BCUT2D eigenvalue weighted by atomic mass is 9.85. The van der Waals surface area contributed by atoms with Crippen molar-refractivity contribution in [2.24, 2.45) is 17.6 Å². The highest BCUT2D eigenvalue weighted by atomic mass is 16.5. The molecule has 1 unspecified atom stereocenters. The van der Waals surface area contributed by atoms with Crippen LogP contribution in [0.1, 0.15) is 65.4 Å². The number of hydrogen-bond acceptors (Lipinski definition) is 4. The minimum atomic E-state index is -0.560. The molecule has 25 heavy (non-hydrogen) atoms. The highest BCUT2D eigenvalue weighted by Crippen LogP contribution is 2.29. The Morgan fingerprint density at radius 1 is 1.12 bits per heavy atom. The number of unbranched alkanes of at least 4 members (excludes halogenated alkanes) is 1. The topological polar surface area (TPSA) is 75.7 Å². The van der Waals surface area contributed by atoms with E-state index in [1.165, 1.54) is 6.42 Å². The van der Waals surface area contributed by atoms with Crippen molar-refractivity contribution in [2.45, 2.75) is 71.8 Å². The van der Waals surface area contributed by atoms with Gasteiger partial charge in [-0.25, -0.2) is 0 Å². The van der Waals surface area contributed by atoms with Gasteiger partial charge in [0.15, 0.2) is 11.5 Å². The number of ether oxygens (including phenoxy) is 1. The molecule has 1 aromatic rings. The summed E-state index contributed by atoms with van der Waals surface area (Å²) in [6.45, 7) is 9.27. The van der Waals surface area contributed by atoms with Gasteiger partial charge in [-0.15, -0.1) is 0 Å². The van der Waals surface area contributed by atoms with E-state index in [1.807, 2.05) is 12.1 Å². The maximum Gasteiger partial charge on any atom is 0.160 e. The zero-order valence-electron chi connectivity index (χ0n) is 16.4. The summed E-state index contributed by atoms with van der Waals surface area (Å²) >= 11 is 0. The molecule has 0 aliphatic rings. The van der Waals surface area contributed by atoms with Gasteiger partial charge in [0.1, 0.15) is 0 Å². The highest BCUT2D eigenvalue weighted by Gasteiger charge is 2.25. The number of hydrogen-bond donors (Lipinski definition) is 3. The first-order valence-corrected chi connectivity index (χ1v) is 9.60. The van der Waals surface area contributed by atoms with Gasteiger partial charge in [-0.2, -0.15) is 0 Å². The quantitative estimate of drug-likeness (QED) is 0.492. The van der Waals surface area contributed by atoms with Crippen LogP contribution in [0.2, 0.25) is 0 Å². The molecule has 0 saturated carbocycles. The van der Waals surface area contributed by atoms with E-state index in [1.54, 1.807) is 6.07 Å². The maximum atomic E-state index is 10.2. The van der Waals surface area contributed by atoms with Gasteiger partial charge >= 0.3 is 0 Å². The number of aliphatic hydroxyl groups is 1. The lowest BCUT2D eigenvalue weighted by Crippen LogP contribution is -2.45. The van der Waals surface area contributed by atoms with E-state index in [0.29, 0.717) is 24.7 Å². The maximum absolute atomic E-state index is 10.2. The molecule has 4 heteroatoms. The SMILES string of the molecule is CC(C)CCCCOc1ccc(CCC(N)(CO)CC(C)C)cc1O. The van der Waals surface area contributed by atoms with Gasteiger partial charge in [0.25, 0.3) is 0 Å². The molecule has 0 spiro atoms. The molecule has 4 N–H and O–H groups in total. The van der Waals surface area contributed by atoms with Crippen molar-refractivity contribution < 1.29 is 14.9 Å². The molecule has 0 aliphatic heterocycles. The molecule has 0 aromatic heterocycles. The molecule has 1 rings (SSSR count). The number of phenols is 1. The van der Waals surface area contributed by atoms with Crippen molar-refractivity contribution in [3.05, 3.63) is 23.8 Å². The number of phenolic OH excluding ortho intramolecular Hbond substituents is 1. The Hall–Kier alpha value is -1.26. The summed E-state index contributed by atoms with van der Waals surface area (Å²) in [4.78, 5) is 0. The molecule has 1 aromatic carbocycles. The molecular weight excluding hydrogens is 314 g/mol. The monoisotopic (exact) mass is 351 g/mol. The molecule has 0 amide bonds. The second kappa shape index (κ2) is 10.7. The molecule has 0 radical (unpaired) electrons. The molecule has 1 atom stereocenters. The number of benzene rings is 1. The van der Waals surface area contributed by atoms with E-state index < -0.39 is 5.54 Å². The van der Waals surface area contributed by atoms with Crippen molar-refractivity contribution >= 4 is 0 Å². The Kier molecular flexibility index (Phi) is 9.30. The molecule has 0 bridgehead atoms. The average molecular weight is 352 g/mol. The Morgan fingerprint density at radius 3 is 2.40 bits per heavy atom. The average Bonchev–Trinajstić information content (AvgIpc) is 2.53. The number of aliphatic hydroxyl groups excluding tert-OH is 1. The summed E-state index contributed by atoms with van der Waals surface area (Å²) < 4.78 is 5.68. The predicted molar refractivity (Wildman–Crippen MR) is 104 cm³/mol. The zero-order chi connectivity index (χ0) is 18.9. The minimum Gasteiger partial charge on any atom is -0.504 e. The summed E-state index contributed by atoms with van der Waals surface area (Å²) in [5, 5.41) is 19.8. The lowest BCUT2D eigenvalue weighted by Gasteiger charge is -2.29. The first-order valence-electron chi connectivity index (χ1n) is 9.60. The Morgan fingerprint density at radius 2 is 1.84 bits per heavy atom. The second-order valence-corrected chi connectivity index (χ2v) is 8.16. The third-order valence-electron chi connectivity index (χ3n) is 4.50. The van der Waals surface area contributed by atoms with Crippen LogP contribution < -0.4 is 10.5 Å². The molecule has 0 heterocycles. The van der Waals surface area contributed by atoms with Gasteiger partial charge in [0.2, 0.25) is 0 Å². The third kappa shape index (κ3) is 8.59. The zero-order valence-corrected chi connectivity index (χ0v) is 16.4. The van der Waals surface area contributed by atoms with Crippen molar-refractivity contribution in [3.8, 4) is 11.5 Å². The summed E-state index contributed by atoms with van der Waals surface area (Å²) in [6, 6.07) is 5.54. The Balaban J connectivity index is 2.49. The predicted octanol–water partition coefficient (Wildman–Crippen LogP) is 4.27. The minimum absolute atomic E-state index is 0.0191. The molecule has 144 valence electrons. The number of aryl methyl sites for hydroxylation is 1. The largest absolute Gasteiger partial charge is 0.504 e. The van der Waals surface area contributed by atoms with Crippen LogP contribution in [-0.2, 0) is 6.42 Å². The van der Waals surface area contributed by atoms with Crippen LogP contribution in [0.5, 0.6) is 11.5 Å². The van der Waals surface area contributed by atoms with Gasteiger partial charge < -0.3 is 20.7 Å². The van der Waals surface area contributed by atoms with E-state index in [-0.39, 0.29) is 12.4 Å². The summed E-state index contributed by atoms with van der Waals surface area (Å²) in [5.41, 5.74) is 6.74. The Bertz CT molecular complexity index is 502. The number of rotatable bonds is 12. The smallest absolute Gasteiger partial charge is 0.160 e. The number of aromatic hydroxyl groups is 1.